The molecule has 2 heteroatoms. The Kier molecular flexibility index (Phi) is 8.87. The summed E-state index contributed by atoms with van der Waals surface area (Å²) >= 11 is 0. The first-order chi connectivity index (χ1) is 10.2. The van der Waals surface area contributed by atoms with Gasteiger partial charge >= 0.3 is 0 Å². The van der Waals surface area contributed by atoms with E-state index >= 15 is 0 Å². The number of carbonyl (C=O) groups is 1. The van der Waals surface area contributed by atoms with Crippen molar-refractivity contribution < 1.29 is 4.79 Å². The van der Waals surface area contributed by atoms with Gasteiger partial charge in [-0.3, -0.25) is 9.79 Å². The Morgan fingerprint density at radius 2 is 1.43 bits per heavy atom. The number of aliphatic imine (C=N–C) groups is 1. The second-order valence-electron chi connectivity index (χ2n) is 6.58. The van der Waals surface area contributed by atoms with Crippen LogP contribution in [0.1, 0.15) is 91.9 Å². The molecule has 122 valence electrons. The van der Waals surface area contributed by atoms with Gasteiger partial charge < -0.3 is 0 Å². The lowest BCUT2D eigenvalue weighted by atomic mass is 9.87. The monoisotopic (exact) mass is 293 g/mol. The molecule has 0 radical (unpaired) electrons. The summed E-state index contributed by atoms with van der Waals surface area (Å²) < 4.78 is 0. The first-order valence-electron chi connectivity index (χ1n) is 9.25. The fraction of sp³-hybridized carbons (Fsp3) is 0.895. The highest BCUT2D eigenvalue weighted by Gasteiger charge is 2.22. The molecule has 0 N–H and O–H groups in total. The molecule has 0 heterocycles. The third-order valence-electron chi connectivity index (χ3n) is 5.18. The number of rotatable bonds is 9. The van der Waals surface area contributed by atoms with Crippen LogP contribution in [-0.2, 0) is 4.79 Å². The molecule has 0 amide bonds. The maximum atomic E-state index is 12.5. The van der Waals surface area contributed by atoms with Crippen LogP contribution in [-0.4, -0.2) is 17.5 Å². The number of hydrogen-bond acceptors (Lipinski definition) is 2. The summed E-state index contributed by atoms with van der Waals surface area (Å²) in [7, 11) is 0. The molecule has 0 bridgehead atoms. The molecule has 0 aliphatic heterocycles. The average Bonchev–Trinajstić information content (AvgIpc) is 2.50. The molecule has 0 unspecified atom stereocenters. The lowest BCUT2D eigenvalue weighted by molar-refractivity contribution is -0.121. The predicted molar refractivity (Wildman–Crippen MR) is 92.1 cm³/mol. The van der Waals surface area contributed by atoms with E-state index in [0.717, 1.165) is 25.7 Å². The summed E-state index contributed by atoms with van der Waals surface area (Å²) in [5.74, 6) is 1.16. The Morgan fingerprint density at radius 3 is 1.90 bits per heavy atom. The minimum atomic E-state index is 0.232. The topological polar surface area (TPSA) is 29.4 Å². The quantitative estimate of drug-likeness (QED) is 0.509. The molecule has 1 aliphatic carbocycles. The van der Waals surface area contributed by atoms with E-state index in [4.69, 9.17) is 4.99 Å². The standard InChI is InChI=1S/C19H35NO/c1-5-15(6-2)18(14-19(21)16(7-3)8-4)20-17-12-10-9-11-13-17/h15-17H,5-14H2,1-4H3. The summed E-state index contributed by atoms with van der Waals surface area (Å²) in [5, 5.41) is 0. The van der Waals surface area contributed by atoms with Crippen LogP contribution < -0.4 is 0 Å². The minimum absolute atomic E-state index is 0.232. The van der Waals surface area contributed by atoms with Gasteiger partial charge in [0, 0.05) is 24.1 Å². The van der Waals surface area contributed by atoms with E-state index in [1.807, 2.05) is 0 Å². The largest absolute Gasteiger partial charge is 0.299 e. The van der Waals surface area contributed by atoms with Crippen molar-refractivity contribution in [3.63, 3.8) is 0 Å². The lowest BCUT2D eigenvalue weighted by Gasteiger charge is -2.23. The van der Waals surface area contributed by atoms with Crippen LogP contribution in [0.2, 0.25) is 0 Å². The maximum Gasteiger partial charge on any atom is 0.141 e. The Hall–Kier alpha value is -0.660. The van der Waals surface area contributed by atoms with E-state index < -0.39 is 0 Å². The summed E-state index contributed by atoms with van der Waals surface area (Å²) in [5.41, 5.74) is 1.21. The van der Waals surface area contributed by atoms with Crippen molar-refractivity contribution >= 4 is 11.5 Å². The van der Waals surface area contributed by atoms with Crippen LogP contribution in [0.5, 0.6) is 0 Å². The van der Waals surface area contributed by atoms with Crippen molar-refractivity contribution in [2.45, 2.75) is 97.9 Å². The first-order valence-corrected chi connectivity index (χ1v) is 9.25. The van der Waals surface area contributed by atoms with E-state index in [2.05, 4.69) is 27.7 Å². The highest BCUT2D eigenvalue weighted by Crippen LogP contribution is 2.24. The van der Waals surface area contributed by atoms with Gasteiger partial charge in [-0.2, -0.15) is 0 Å². The zero-order chi connectivity index (χ0) is 15.7. The van der Waals surface area contributed by atoms with Crippen LogP contribution in [0.25, 0.3) is 0 Å². The Morgan fingerprint density at radius 1 is 0.905 bits per heavy atom. The summed E-state index contributed by atoms with van der Waals surface area (Å²) in [6.45, 7) is 8.71. The SMILES string of the molecule is CCC(CC)C(=O)CC(=NC1CCCCC1)C(CC)CC. The molecule has 0 aromatic heterocycles. The van der Waals surface area contributed by atoms with E-state index in [-0.39, 0.29) is 5.92 Å². The average molecular weight is 293 g/mol. The predicted octanol–water partition coefficient (Wildman–Crippen LogP) is 5.59. The van der Waals surface area contributed by atoms with Crippen LogP contribution in [0.3, 0.4) is 0 Å². The van der Waals surface area contributed by atoms with E-state index in [0.29, 0.717) is 24.2 Å². The molecule has 0 aromatic carbocycles. The molecule has 0 saturated heterocycles. The molecule has 1 aliphatic rings. The van der Waals surface area contributed by atoms with Gasteiger partial charge in [-0.05, 0) is 44.4 Å². The lowest BCUT2D eigenvalue weighted by Crippen LogP contribution is -2.24. The molecule has 1 rings (SSSR count). The van der Waals surface area contributed by atoms with Gasteiger partial charge in [0.2, 0.25) is 0 Å². The zero-order valence-electron chi connectivity index (χ0n) is 14.7. The van der Waals surface area contributed by atoms with Crippen molar-refractivity contribution in [2.75, 3.05) is 0 Å². The van der Waals surface area contributed by atoms with Gasteiger partial charge in [-0.1, -0.05) is 47.0 Å². The number of ketones is 1. The maximum absolute atomic E-state index is 12.5. The molecule has 0 spiro atoms. The van der Waals surface area contributed by atoms with Gasteiger partial charge in [-0.15, -0.1) is 0 Å². The molecule has 0 atom stereocenters. The summed E-state index contributed by atoms with van der Waals surface area (Å²) in [6.07, 6.45) is 11.2. The van der Waals surface area contributed by atoms with Gasteiger partial charge in [0.15, 0.2) is 0 Å². The van der Waals surface area contributed by atoms with Crippen molar-refractivity contribution in [3.05, 3.63) is 0 Å². The van der Waals surface area contributed by atoms with Crippen LogP contribution in [0.4, 0.5) is 0 Å². The molecule has 1 fully saturated rings. The van der Waals surface area contributed by atoms with Gasteiger partial charge in [0.25, 0.3) is 0 Å². The highest BCUT2D eigenvalue weighted by atomic mass is 16.1. The molecule has 21 heavy (non-hydrogen) atoms. The van der Waals surface area contributed by atoms with E-state index in [9.17, 15) is 4.79 Å². The highest BCUT2D eigenvalue weighted by molar-refractivity contribution is 6.03. The number of carbonyl (C=O) groups excluding carboxylic acids is 1. The summed E-state index contributed by atoms with van der Waals surface area (Å²) in [6, 6.07) is 0.490. The van der Waals surface area contributed by atoms with E-state index in [1.165, 1.54) is 37.8 Å². The molecular weight excluding hydrogens is 258 g/mol. The van der Waals surface area contributed by atoms with Crippen LogP contribution >= 0.6 is 0 Å². The Balaban J connectivity index is 2.80. The molecule has 0 aromatic rings. The number of nitrogens with zero attached hydrogens (tertiary/aromatic N) is 1. The van der Waals surface area contributed by atoms with Crippen LogP contribution in [0.15, 0.2) is 4.99 Å². The van der Waals surface area contributed by atoms with Crippen molar-refractivity contribution in [1.82, 2.24) is 0 Å². The van der Waals surface area contributed by atoms with Gasteiger partial charge in [-0.25, -0.2) is 0 Å². The normalized spacial score (nSPS) is 17.7. The first kappa shape index (κ1) is 18.4. The smallest absolute Gasteiger partial charge is 0.141 e. The third-order valence-corrected chi connectivity index (χ3v) is 5.18. The molecule has 1 saturated carbocycles. The zero-order valence-corrected chi connectivity index (χ0v) is 14.7. The summed E-state index contributed by atoms with van der Waals surface area (Å²) in [4.78, 5) is 17.6. The van der Waals surface area contributed by atoms with Crippen molar-refractivity contribution in [1.29, 1.82) is 0 Å². The number of Topliss-reactive ketones (excluding diaryl/α,β-unsaturated/α-hetero) is 1. The molecule has 2 nitrogen and oxygen atoms in total. The minimum Gasteiger partial charge on any atom is -0.299 e. The fourth-order valence-corrected chi connectivity index (χ4v) is 3.57. The van der Waals surface area contributed by atoms with Crippen molar-refractivity contribution in [3.8, 4) is 0 Å². The molecular formula is C19H35NO. The number of hydrogen-bond donors (Lipinski definition) is 0. The second-order valence-corrected chi connectivity index (χ2v) is 6.58. The van der Waals surface area contributed by atoms with Crippen molar-refractivity contribution in [2.24, 2.45) is 16.8 Å². The Labute approximate surface area is 131 Å². The van der Waals surface area contributed by atoms with Gasteiger partial charge in [0.1, 0.15) is 5.78 Å². The van der Waals surface area contributed by atoms with Crippen LogP contribution in [0, 0.1) is 11.8 Å². The fourth-order valence-electron chi connectivity index (χ4n) is 3.57. The Bertz CT molecular complexity index is 320. The van der Waals surface area contributed by atoms with E-state index in [1.54, 1.807) is 0 Å². The van der Waals surface area contributed by atoms with Gasteiger partial charge in [0.05, 0.1) is 0 Å². The second kappa shape index (κ2) is 10.1. The third kappa shape index (κ3) is 5.92.